The molecule has 0 N–H and O–H groups in total. The summed E-state index contributed by atoms with van der Waals surface area (Å²) in [4.78, 5) is 2.28. The van der Waals surface area contributed by atoms with Gasteiger partial charge in [0.1, 0.15) is 0 Å². The van der Waals surface area contributed by atoms with Crippen LogP contribution < -0.4 is 4.90 Å². The first-order valence-corrected chi connectivity index (χ1v) is 11.7. The highest BCUT2D eigenvalue weighted by atomic mass is 15.1. The van der Waals surface area contributed by atoms with E-state index >= 15 is 0 Å². The van der Waals surface area contributed by atoms with Crippen LogP contribution in [0.3, 0.4) is 0 Å². The summed E-state index contributed by atoms with van der Waals surface area (Å²) in [6, 6.07) is 41.2. The third-order valence-electron chi connectivity index (χ3n) is 6.21. The number of fused-ring (bicyclic) bond motifs is 1. The Morgan fingerprint density at radius 1 is 0.667 bits per heavy atom. The number of aryl methyl sites for hydroxylation is 1. The maximum Gasteiger partial charge on any atom is 0.0997 e. The summed E-state index contributed by atoms with van der Waals surface area (Å²) in [5.74, 6) is 0. The summed E-state index contributed by atoms with van der Waals surface area (Å²) in [5.41, 5.74) is 7.30. The monoisotopic (exact) mass is 461 g/mol. The Bertz CT molecular complexity index is 1640. The predicted octanol–water partition coefficient (Wildman–Crippen LogP) is 8.53. The van der Waals surface area contributed by atoms with Gasteiger partial charge in [-0.2, -0.15) is 10.5 Å². The molecular formula is C33H23N3. The van der Waals surface area contributed by atoms with Crippen molar-refractivity contribution in [2.24, 2.45) is 0 Å². The second-order valence-electron chi connectivity index (χ2n) is 8.62. The summed E-state index contributed by atoms with van der Waals surface area (Å²) < 4.78 is 0. The van der Waals surface area contributed by atoms with Crippen molar-refractivity contribution < 1.29 is 0 Å². The molecule has 0 aliphatic heterocycles. The quantitative estimate of drug-likeness (QED) is 0.246. The van der Waals surface area contributed by atoms with Crippen molar-refractivity contribution in [1.82, 2.24) is 0 Å². The van der Waals surface area contributed by atoms with Crippen molar-refractivity contribution in [3.63, 3.8) is 0 Å². The second-order valence-corrected chi connectivity index (χ2v) is 8.62. The zero-order chi connectivity index (χ0) is 24.9. The van der Waals surface area contributed by atoms with Crippen LogP contribution in [0.5, 0.6) is 0 Å². The summed E-state index contributed by atoms with van der Waals surface area (Å²) in [7, 11) is 0. The average Bonchev–Trinajstić information content (AvgIpc) is 2.93. The van der Waals surface area contributed by atoms with Gasteiger partial charge in [0.15, 0.2) is 0 Å². The Balaban J connectivity index is 1.54. The SMILES string of the molecule is Cc1ccc(N(c2ccc(C=Cc3cc(C#N)ccc3C#N)cc2)c2cccc3ccccc23)cc1. The minimum Gasteiger partial charge on any atom is -0.310 e. The van der Waals surface area contributed by atoms with Crippen molar-refractivity contribution >= 4 is 40.0 Å². The Hall–Kier alpha value is -5.12. The van der Waals surface area contributed by atoms with Gasteiger partial charge in [0.25, 0.3) is 0 Å². The van der Waals surface area contributed by atoms with Gasteiger partial charge in [-0.3, -0.25) is 0 Å². The van der Waals surface area contributed by atoms with Crippen LogP contribution in [0.4, 0.5) is 17.1 Å². The summed E-state index contributed by atoms with van der Waals surface area (Å²) in [6.07, 6.45) is 3.85. The average molecular weight is 462 g/mol. The fourth-order valence-corrected chi connectivity index (χ4v) is 4.32. The van der Waals surface area contributed by atoms with Gasteiger partial charge in [0, 0.05) is 16.8 Å². The molecule has 0 radical (unpaired) electrons. The number of anilines is 3. The van der Waals surface area contributed by atoms with E-state index in [9.17, 15) is 10.5 Å². The third-order valence-corrected chi connectivity index (χ3v) is 6.21. The van der Waals surface area contributed by atoms with Crippen LogP contribution in [-0.4, -0.2) is 0 Å². The van der Waals surface area contributed by atoms with Crippen molar-refractivity contribution in [2.75, 3.05) is 4.90 Å². The minimum absolute atomic E-state index is 0.535. The van der Waals surface area contributed by atoms with Gasteiger partial charge in [-0.1, -0.05) is 78.4 Å². The molecule has 36 heavy (non-hydrogen) atoms. The number of benzene rings is 5. The molecule has 3 nitrogen and oxygen atoms in total. The topological polar surface area (TPSA) is 50.8 Å². The number of nitriles is 2. The van der Waals surface area contributed by atoms with Crippen LogP contribution in [0.25, 0.3) is 22.9 Å². The molecule has 0 bridgehead atoms. The Morgan fingerprint density at radius 2 is 1.36 bits per heavy atom. The van der Waals surface area contributed by atoms with Crippen molar-refractivity contribution in [2.45, 2.75) is 6.92 Å². The highest BCUT2D eigenvalue weighted by molar-refractivity contribution is 5.98. The van der Waals surface area contributed by atoms with E-state index in [0.29, 0.717) is 11.1 Å². The number of rotatable bonds is 5. The molecule has 170 valence electrons. The summed E-state index contributed by atoms with van der Waals surface area (Å²) in [5, 5.41) is 21.0. The zero-order valence-electron chi connectivity index (χ0n) is 19.9. The fourth-order valence-electron chi connectivity index (χ4n) is 4.32. The Morgan fingerprint density at radius 3 is 2.08 bits per heavy atom. The molecule has 3 heteroatoms. The maximum atomic E-state index is 9.41. The van der Waals surface area contributed by atoms with Crippen molar-refractivity contribution in [1.29, 1.82) is 10.5 Å². The smallest absolute Gasteiger partial charge is 0.0997 e. The highest BCUT2D eigenvalue weighted by Crippen LogP contribution is 2.38. The van der Waals surface area contributed by atoms with E-state index in [-0.39, 0.29) is 0 Å². The molecule has 0 fully saturated rings. The van der Waals surface area contributed by atoms with Crippen LogP contribution in [0, 0.1) is 29.6 Å². The molecule has 0 unspecified atom stereocenters. The van der Waals surface area contributed by atoms with Gasteiger partial charge >= 0.3 is 0 Å². The molecule has 5 aromatic carbocycles. The lowest BCUT2D eigenvalue weighted by atomic mass is 10.0. The van der Waals surface area contributed by atoms with E-state index in [4.69, 9.17) is 0 Å². The fraction of sp³-hybridized carbons (Fsp3) is 0.0303. The van der Waals surface area contributed by atoms with E-state index < -0.39 is 0 Å². The van der Waals surface area contributed by atoms with Gasteiger partial charge in [0.2, 0.25) is 0 Å². The van der Waals surface area contributed by atoms with Crippen molar-refractivity contribution in [3.05, 3.63) is 137 Å². The largest absolute Gasteiger partial charge is 0.310 e. The zero-order valence-corrected chi connectivity index (χ0v) is 19.9. The number of nitrogens with zero attached hydrogens (tertiary/aromatic N) is 3. The van der Waals surface area contributed by atoms with Gasteiger partial charge in [0.05, 0.1) is 29.0 Å². The van der Waals surface area contributed by atoms with E-state index in [1.165, 1.54) is 16.3 Å². The first kappa shape index (κ1) is 22.7. The molecule has 0 spiro atoms. The predicted molar refractivity (Wildman–Crippen MR) is 148 cm³/mol. The normalized spacial score (nSPS) is 10.8. The Kier molecular flexibility index (Phi) is 6.31. The first-order valence-electron chi connectivity index (χ1n) is 11.7. The molecule has 0 heterocycles. The van der Waals surface area contributed by atoms with E-state index in [1.807, 2.05) is 12.2 Å². The van der Waals surface area contributed by atoms with E-state index in [1.54, 1.807) is 18.2 Å². The van der Waals surface area contributed by atoms with Gasteiger partial charge in [-0.15, -0.1) is 0 Å². The van der Waals surface area contributed by atoms with Crippen LogP contribution in [0.2, 0.25) is 0 Å². The van der Waals surface area contributed by atoms with E-state index in [2.05, 4.69) is 115 Å². The van der Waals surface area contributed by atoms with Crippen LogP contribution in [0.1, 0.15) is 27.8 Å². The molecular weight excluding hydrogens is 438 g/mol. The summed E-state index contributed by atoms with van der Waals surface area (Å²) >= 11 is 0. The molecule has 0 atom stereocenters. The first-order chi connectivity index (χ1) is 17.7. The standard InChI is InChI=1S/C33H23N3/c1-24-9-17-30(18-10-24)36(33-8-4-6-27-5-2-3-7-32(27)33)31-19-13-25(14-20-31)11-15-28-21-26(22-34)12-16-29(28)23-35/h2-21H,1H3. The molecule has 5 aromatic rings. The van der Waals surface area contributed by atoms with Gasteiger partial charge in [-0.05, 0) is 72.0 Å². The lowest BCUT2D eigenvalue weighted by Gasteiger charge is -2.27. The molecule has 0 amide bonds. The maximum absolute atomic E-state index is 9.41. The number of hydrogen-bond donors (Lipinski definition) is 0. The molecule has 0 saturated heterocycles. The molecule has 0 saturated carbocycles. The second kappa shape index (κ2) is 10.0. The van der Waals surface area contributed by atoms with Crippen LogP contribution in [-0.2, 0) is 0 Å². The van der Waals surface area contributed by atoms with Crippen LogP contribution >= 0.6 is 0 Å². The third kappa shape index (κ3) is 4.60. The molecule has 0 aliphatic rings. The van der Waals surface area contributed by atoms with Crippen LogP contribution in [0.15, 0.2) is 109 Å². The molecule has 5 rings (SSSR count). The number of hydrogen-bond acceptors (Lipinski definition) is 3. The summed E-state index contributed by atoms with van der Waals surface area (Å²) in [6.45, 7) is 2.09. The lowest BCUT2D eigenvalue weighted by Crippen LogP contribution is -2.10. The lowest BCUT2D eigenvalue weighted by molar-refractivity contribution is 1.29. The Labute approximate surface area is 211 Å². The minimum atomic E-state index is 0.535. The van der Waals surface area contributed by atoms with Gasteiger partial charge in [-0.25, -0.2) is 0 Å². The molecule has 0 aromatic heterocycles. The molecule has 0 aliphatic carbocycles. The van der Waals surface area contributed by atoms with Gasteiger partial charge < -0.3 is 4.90 Å². The highest BCUT2D eigenvalue weighted by Gasteiger charge is 2.15. The van der Waals surface area contributed by atoms with Crippen molar-refractivity contribution in [3.8, 4) is 12.1 Å². The van der Waals surface area contributed by atoms with E-state index in [0.717, 1.165) is 28.2 Å².